The molecule has 1 heterocycles. The molecule has 0 unspecified atom stereocenters. The lowest BCUT2D eigenvalue weighted by molar-refractivity contribution is -0.153. The van der Waals surface area contributed by atoms with E-state index in [0.29, 0.717) is 16.8 Å². The molecule has 0 aliphatic carbocycles. The summed E-state index contributed by atoms with van der Waals surface area (Å²) in [5, 5.41) is 2.68. The standard InChI is InChI=1S/C21H20N2O5/c1-13-6-5-7-15(12-13)22-19(25)14(2)28-18(24)10-11-23-20(26)16-8-3-4-9-17(16)21(23)27/h3-9,12,14H,10-11H2,1-2H3,(H,22,25)/t14-/m1/s1. The highest BCUT2D eigenvalue weighted by Gasteiger charge is 2.35. The molecule has 0 fully saturated rings. The Kier molecular flexibility index (Phi) is 5.54. The maximum atomic E-state index is 12.3. The molecule has 1 aliphatic heterocycles. The van der Waals surface area contributed by atoms with E-state index >= 15 is 0 Å². The fraction of sp³-hybridized carbons (Fsp3) is 0.238. The smallest absolute Gasteiger partial charge is 0.308 e. The number of esters is 1. The van der Waals surface area contributed by atoms with Crippen LogP contribution in [0.4, 0.5) is 5.69 Å². The monoisotopic (exact) mass is 380 g/mol. The van der Waals surface area contributed by atoms with Gasteiger partial charge in [-0.3, -0.25) is 24.1 Å². The van der Waals surface area contributed by atoms with Crippen LogP contribution in [0.15, 0.2) is 48.5 Å². The number of nitrogens with one attached hydrogen (secondary N) is 1. The molecule has 3 rings (SSSR count). The van der Waals surface area contributed by atoms with Crippen LogP contribution in [0.1, 0.15) is 39.6 Å². The molecule has 3 amide bonds. The van der Waals surface area contributed by atoms with Crippen molar-refractivity contribution < 1.29 is 23.9 Å². The van der Waals surface area contributed by atoms with Crippen molar-refractivity contribution in [1.29, 1.82) is 0 Å². The molecule has 1 N–H and O–H groups in total. The van der Waals surface area contributed by atoms with Gasteiger partial charge in [-0.05, 0) is 43.7 Å². The Morgan fingerprint density at radius 2 is 1.68 bits per heavy atom. The van der Waals surface area contributed by atoms with E-state index in [4.69, 9.17) is 4.74 Å². The van der Waals surface area contributed by atoms with Crippen molar-refractivity contribution in [3.8, 4) is 0 Å². The Labute approximate surface area is 162 Å². The highest BCUT2D eigenvalue weighted by Crippen LogP contribution is 2.22. The number of aryl methyl sites for hydroxylation is 1. The number of hydrogen-bond acceptors (Lipinski definition) is 5. The van der Waals surface area contributed by atoms with Gasteiger partial charge in [0.2, 0.25) is 0 Å². The fourth-order valence-electron chi connectivity index (χ4n) is 2.92. The first-order chi connectivity index (χ1) is 13.4. The Hall–Kier alpha value is -3.48. The van der Waals surface area contributed by atoms with Gasteiger partial charge in [-0.25, -0.2) is 0 Å². The van der Waals surface area contributed by atoms with Gasteiger partial charge in [-0.15, -0.1) is 0 Å². The second-order valence-corrected chi connectivity index (χ2v) is 6.55. The van der Waals surface area contributed by atoms with E-state index < -0.39 is 29.8 Å². The van der Waals surface area contributed by atoms with Crippen LogP contribution in [-0.2, 0) is 14.3 Å². The van der Waals surface area contributed by atoms with Gasteiger partial charge >= 0.3 is 5.97 Å². The van der Waals surface area contributed by atoms with Gasteiger partial charge in [0.15, 0.2) is 6.10 Å². The number of anilines is 1. The van der Waals surface area contributed by atoms with Gasteiger partial charge in [0, 0.05) is 12.2 Å². The van der Waals surface area contributed by atoms with Gasteiger partial charge in [-0.2, -0.15) is 0 Å². The summed E-state index contributed by atoms with van der Waals surface area (Å²) in [6.45, 7) is 3.26. The van der Waals surface area contributed by atoms with Crippen molar-refractivity contribution in [2.24, 2.45) is 0 Å². The van der Waals surface area contributed by atoms with Crippen molar-refractivity contribution in [1.82, 2.24) is 4.90 Å². The Balaban J connectivity index is 1.51. The number of hydrogen-bond donors (Lipinski definition) is 1. The third-order valence-corrected chi connectivity index (χ3v) is 4.38. The summed E-state index contributed by atoms with van der Waals surface area (Å²) < 4.78 is 5.12. The molecule has 0 aromatic heterocycles. The number of ether oxygens (including phenoxy) is 1. The van der Waals surface area contributed by atoms with E-state index in [1.807, 2.05) is 19.1 Å². The van der Waals surface area contributed by atoms with Crippen molar-refractivity contribution >= 4 is 29.4 Å². The summed E-state index contributed by atoms with van der Waals surface area (Å²) in [6, 6.07) is 13.8. The Morgan fingerprint density at radius 3 is 2.29 bits per heavy atom. The lowest BCUT2D eigenvalue weighted by Crippen LogP contribution is -2.34. The predicted molar refractivity (Wildman–Crippen MR) is 102 cm³/mol. The van der Waals surface area contributed by atoms with Crippen LogP contribution in [0.2, 0.25) is 0 Å². The average Bonchev–Trinajstić information content (AvgIpc) is 2.91. The van der Waals surface area contributed by atoms with E-state index in [1.165, 1.54) is 6.92 Å². The molecule has 0 spiro atoms. The molecule has 0 saturated carbocycles. The first kappa shape index (κ1) is 19.3. The summed E-state index contributed by atoms with van der Waals surface area (Å²) in [4.78, 5) is 49.8. The summed E-state index contributed by atoms with van der Waals surface area (Å²) >= 11 is 0. The SMILES string of the molecule is Cc1cccc(NC(=O)[C@@H](C)OC(=O)CCN2C(=O)c3ccccc3C2=O)c1. The molecule has 1 atom stereocenters. The molecule has 0 saturated heterocycles. The summed E-state index contributed by atoms with van der Waals surface area (Å²) in [5.74, 6) is -1.99. The Morgan fingerprint density at radius 1 is 1.04 bits per heavy atom. The van der Waals surface area contributed by atoms with Crippen LogP contribution in [0, 0.1) is 6.92 Å². The van der Waals surface area contributed by atoms with Gasteiger partial charge in [0.05, 0.1) is 17.5 Å². The molecule has 2 aromatic carbocycles. The van der Waals surface area contributed by atoms with Gasteiger partial charge in [-0.1, -0.05) is 24.3 Å². The number of carbonyl (C=O) groups excluding carboxylic acids is 4. The van der Waals surface area contributed by atoms with E-state index in [1.54, 1.807) is 36.4 Å². The maximum absolute atomic E-state index is 12.3. The molecule has 1 aliphatic rings. The van der Waals surface area contributed by atoms with Crippen molar-refractivity contribution in [2.75, 3.05) is 11.9 Å². The van der Waals surface area contributed by atoms with E-state index in [-0.39, 0.29) is 13.0 Å². The van der Waals surface area contributed by atoms with Crippen LogP contribution in [0.25, 0.3) is 0 Å². The largest absolute Gasteiger partial charge is 0.452 e. The molecular formula is C21H20N2O5. The lowest BCUT2D eigenvalue weighted by Gasteiger charge is -2.16. The van der Waals surface area contributed by atoms with Crippen molar-refractivity contribution in [2.45, 2.75) is 26.4 Å². The highest BCUT2D eigenvalue weighted by atomic mass is 16.5. The lowest BCUT2D eigenvalue weighted by atomic mass is 10.1. The molecule has 0 radical (unpaired) electrons. The van der Waals surface area contributed by atoms with Crippen LogP contribution in [0.3, 0.4) is 0 Å². The summed E-state index contributed by atoms with van der Waals surface area (Å²) in [5.41, 5.74) is 2.25. The topological polar surface area (TPSA) is 92.8 Å². The van der Waals surface area contributed by atoms with Crippen LogP contribution in [0.5, 0.6) is 0 Å². The number of nitrogens with zero attached hydrogens (tertiary/aromatic N) is 1. The molecule has 144 valence electrons. The number of carbonyl (C=O) groups is 4. The number of imide groups is 1. The average molecular weight is 380 g/mol. The van der Waals surface area contributed by atoms with Gasteiger partial charge < -0.3 is 10.1 Å². The van der Waals surface area contributed by atoms with E-state index in [0.717, 1.165) is 10.5 Å². The van der Waals surface area contributed by atoms with Gasteiger partial charge in [0.25, 0.3) is 17.7 Å². The molecule has 0 bridgehead atoms. The second kappa shape index (κ2) is 8.04. The molecule has 2 aromatic rings. The number of fused-ring (bicyclic) bond motifs is 1. The Bertz CT molecular complexity index is 918. The number of amides is 3. The highest BCUT2D eigenvalue weighted by molar-refractivity contribution is 6.21. The zero-order valence-corrected chi connectivity index (χ0v) is 15.6. The van der Waals surface area contributed by atoms with E-state index in [2.05, 4.69) is 5.32 Å². The zero-order chi connectivity index (χ0) is 20.3. The molecular weight excluding hydrogens is 360 g/mol. The minimum absolute atomic E-state index is 0.0998. The normalized spacial score (nSPS) is 13.9. The number of rotatable bonds is 6. The minimum atomic E-state index is -1.00. The third-order valence-electron chi connectivity index (χ3n) is 4.38. The summed E-state index contributed by atoms with van der Waals surface area (Å²) in [7, 11) is 0. The maximum Gasteiger partial charge on any atom is 0.308 e. The zero-order valence-electron chi connectivity index (χ0n) is 15.6. The fourth-order valence-corrected chi connectivity index (χ4v) is 2.92. The third kappa shape index (κ3) is 4.09. The molecule has 7 nitrogen and oxygen atoms in total. The predicted octanol–water partition coefficient (Wildman–Crippen LogP) is 2.55. The number of benzene rings is 2. The summed E-state index contributed by atoms with van der Waals surface area (Å²) in [6.07, 6.45) is -1.19. The molecule has 7 heteroatoms. The first-order valence-corrected chi connectivity index (χ1v) is 8.89. The van der Waals surface area contributed by atoms with Crippen molar-refractivity contribution in [3.63, 3.8) is 0 Å². The second-order valence-electron chi connectivity index (χ2n) is 6.55. The van der Waals surface area contributed by atoms with E-state index in [9.17, 15) is 19.2 Å². The first-order valence-electron chi connectivity index (χ1n) is 8.89. The minimum Gasteiger partial charge on any atom is -0.452 e. The van der Waals surface area contributed by atoms with Crippen LogP contribution in [-0.4, -0.2) is 41.2 Å². The van der Waals surface area contributed by atoms with Crippen LogP contribution >= 0.6 is 0 Å². The molecule has 28 heavy (non-hydrogen) atoms. The van der Waals surface area contributed by atoms with Crippen LogP contribution < -0.4 is 5.32 Å². The van der Waals surface area contributed by atoms with Gasteiger partial charge in [0.1, 0.15) is 0 Å². The van der Waals surface area contributed by atoms with Crippen molar-refractivity contribution in [3.05, 3.63) is 65.2 Å². The quantitative estimate of drug-likeness (QED) is 0.614.